The van der Waals surface area contributed by atoms with Crippen LogP contribution in [0.1, 0.15) is 34.3 Å². The predicted molar refractivity (Wildman–Crippen MR) is 87.7 cm³/mol. The van der Waals surface area contributed by atoms with Gasteiger partial charge in [-0.2, -0.15) is 0 Å². The lowest BCUT2D eigenvalue weighted by molar-refractivity contribution is 0.0689. The number of hydrogen-bond donors (Lipinski definition) is 0. The van der Waals surface area contributed by atoms with Gasteiger partial charge in [-0.25, -0.2) is 0 Å². The fraction of sp³-hybridized carbons (Fsp3) is 0.368. The number of likely N-dealkylation sites (tertiary alicyclic amines) is 1. The highest BCUT2D eigenvalue weighted by atomic mass is 16.2. The second kappa shape index (κ2) is 6.73. The molecule has 1 amide bonds. The Labute approximate surface area is 132 Å². The topological polar surface area (TPSA) is 33.2 Å². The highest BCUT2D eigenvalue weighted by Gasteiger charge is 2.24. The Morgan fingerprint density at radius 1 is 1.18 bits per heavy atom. The van der Waals surface area contributed by atoms with E-state index in [9.17, 15) is 4.79 Å². The van der Waals surface area contributed by atoms with Crippen molar-refractivity contribution in [1.82, 2.24) is 9.88 Å². The van der Waals surface area contributed by atoms with Crippen molar-refractivity contribution in [2.24, 2.45) is 5.92 Å². The molecule has 1 saturated heterocycles. The minimum Gasteiger partial charge on any atom is -0.339 e. The Balaban J connectivity index is 1.58. The summed E-state index contributed by atoms with van der Waals surface area (Å²) in [6.07, 6.45) is 6.71. The SMILES string of the molecule is Cc1ccncc1C(=O)N1CCC(Cc2ccccc2)CC1. The number of carbonyl (C=O) groups excluding carboxylic acids is 1. The monoisotopic (exact) mass is 294 g/mol. The van der Waals surface area contributed by atoms with E-state index >= 15 is 0 Å². The number of piperidine rings is 1. The molecular formula is C19H22N2O. The second-order valence-electron chi connectivity index (χ2n) is 6.12. The molecule has 0 bridgehead atoms. The third-order valence-electron chi connectivity index (χ3n) is 4.54. The molecule has 2 aromatic rings. The van der Waals surface area contributed by atoms with Crippen LogP contribution in [0.2, 0.25) is 0 Å². The van der Waals surface area contributed by atoms with Crippen molar-refractivity contribution in [1.29, 1.82) is 0 Å². The summed E-state index contributed by atoms with van der Waals surface area (Å²) in [4.78, 5) is 18.6. The van der Waals surface area contributed by atoms with E-state index in [1.54, 1.807) is 12.4 Å². The van der Waals surface area contributed by atoms with E-state index in [-0.39, 0.29) is 5.91 Å². The molecule has 0 aliphatic carbocycles. The maximum Gasteiger partial charge on any atom is 0.255 e. The average Bonchev–Trinajstić information content (AvgIpc) is 2.56. The van der Waals surface area contributed by atoms with E-state index in [4.69, 9.17) is 0 Å². The summed E-state index contributed by atoms with van der Waals surface area (Å²) in [5, 5.41) is 0. The molecule has 3 rings (SSSR count). The van der Waals surface area contributed by atoms with Gasteiger partial charge in [0.2, 0.25) is 0 Å². The first kappa shape index (κ1) is 14.8. The number of carbonyl (C=O) groups is 1. The van der Waals surface area contributed by atoms with Crippen molar-refractivity contribution in [3.05, 3.63) is 65.5 Å². The van der Waals surface area contributed by atoms with Gasteiger partial charge in [0.25, 0.3) is 5.91 Å². The van der Waals surface area contributed by atoms with Crippen LogP contribution < -0.4 is 0 Å². The molecule has 3 heteroatoms. The van der Waals surface area contributed by atoms with Gasteiger partial charge in [0, 0.05) is 25.5 Å². The number of hydrogen-bond acceptors (Lipinski definition) is 2. The fourth-order valence-corrected chi connectivity index (χ4v) is 3.15. The van der Waals surface area contributed by atoms with Gasteiger partial charge in [-0.15, -0.1) is 0 Å². The maximum absolute atomic E-state index is 12.6. The second-order valence-corrected chi connectivity index (χ2v) is 6.12. The van der Waals surface area contributed by atoms with Gasteiger partial charge in [-0.3, -0.25) is 9.78 Å². The molecule has 0 saturated carbocycles. The van der Waals surface area contributed by atoms with Crippen LogP contribution in [0.25, 0.3) is 0 Å². The highest BCUT2D eigenvalue weighted by molar-refractivity contribution is 5.95. The maximum atomic E-state index is 12.6. The van der Waals surface area contributed by atoms with Gasteiger partial charge >= 0.3 is 0 Å². The number of aromatic nitrogens is 1. The van der Waals surface area contributed by atoms with Crippen molar-refractivity contribution < 1.29 is 4.79 Å². The van der Waals surface area contributed by atoms with E-state index in [0.717, 1.165) is 43.5 Å². The summed E-state index contributed by atoms with van der Waals surface area (Å²) >= 11 is 0. The summed E-state index contributed by atoms with van der Waals surface area (Å²) in [7, 11) is 0. The van der Waals surface area contributed by atoms with Gasteiger partial charge < -0.3 is 4.90 Å². The quantitative estimate of drug-likeness (QED) is 0.868. The molecule has 2 heterocycles. The first-order valence-corrected chi connectivity index (χ1v) is 7.98. The molecular weight excluding hydrogens is 272 g/mol. The van der Waals surface area contributed by atoms with E-state index in [1.165, 1.54) is 5.56 Å². The smallest absolute Gasteiger partial charge is 0.255 e. The number of nitrogens with zero attached hydrogens (tertiary/aromatic N) is 2. The zero-order chi connectivity index (χ0) is 15.4. The number of pyridine rings is 1. The van der Waals surface area contributed by atoms with Crippen LogP contribution in [0.15, 0.2) is 48.8 Å². The largest absolute Gasteiger partial charge is 0.339 e. The molecule has 3 nitrogen and oxygen atoms in total. The van der Waals surface area contributed by atoms with Crippen LogP contribution in [-0.2, 0) is 6.42 Å². The van der Waals surface area contributed by atoms with Gasteiger partial charge in [-0.05, 0) is 49.3 Å². The molecule has 1 aromatic heterocycles. The molecule has 1 fully saturated rings. The summed E-state index contributed by atoms with van der Waals surface area (Å²) in [6, 6.07) is 12.5. The van der Waals surface area contributed by atoms with Crippen molar-refractivity contribution in [2.75, 3.05) is 13.1 Å². The number of rotatable bonds is 3. The Bertz CT molecular complexity index is 631. The van der Waals surface area contributed by atoms with Crippen LogP contribution in [0, 0.1) is 12.8 Å². The summed E-state index contributed by atoms with van der Waals surface area (Å²) in [5.41, 5.74) is 3.14. The molecule has 1 aromatic carbocycles. The summed E-state index contributed by atoms with van der Waals surface area (Å²) in [6.45, 7) is 3.67. The number of amides is 1. The van der Waals surface area contributed by atoms with Crippen molar-refractivity contribution >= 4 is 5.91 Å². The van der Waals surface area contributed by atoms with Gasteiger partial charge in [-0.1, -0.05) is 30.3 Å². The molecule has 1 aliphatic heterocycles. The lowest BCUT2D eigenvalue weighted by atomic mass is 9.90. The number of aryl methyl sites for hydroxylation is 1. The van der Waals surface area contributed by atoms with Gasteiger partial charge in [0.1, 0.15) is 0 Å². The molecule has 0 unspecified atom stereocenters. The third kappa shape index (κ3) is 3.35. The minimum absolute atomic E-state index is 0.128. The zero-order valence-corrected chi connectivity index (χ0v) is 13.0. The minimum atomic E-state index is 0.128. The molecule has 0 N–H and O–H groups in total. The Hall–Kier alpha value is -2.16. The first-order chi connectivity index (χ1) is 10.7. The van der Waals surface area contributed by atoms with Crippen LogP contribution >= 0.6 is 0 Å². The molecule has 22 heavy (non-hydrogen) atoms. The normalized spacial score (nSPS) is 15.8. The average molecular weight is 294 g/mol. The van der Waals surface area contributed by atoms with Crippen molar-refractivity contribution in [2.45, 2.75) is 26.2 Å². The molecule has 1 aliphatic rings. The highest BCUT2D eigenvalue weighted by Crippen LogP contribution is 2.23. The summed E-state index contributed by atoms with van der Waals surface area (Å²) in [5.74, 6) is 0.810. The third-order valence-corrected chi connectivity index (χ3v) is 4.54. The van der Waals surface area contributed by atoms with Crippen LogP contribution in [0.4, 0.5) is 0 Å². The van der Waals surface area contributed by atoms with Crippen molar-refractivity contribution in [3.8, 4) is 0 Å². The summed E-state index contributed by atoms with van der Waals surface area (Å²) < 4.78 is 0. The van der Waals surface area contributed by atoms with Gasteiger partial charge in [0.05, 0.1) is 5.56 Å². The Kier molecular flexibility index (Phi) is 4.52. The lowest BCUT2D eigenvalue weighted by Crippen LogP contribution is -2.39. The van der Waals surface area contributed by atoms with E-state index in [1.807, 2.05) is 17.9 Å². The molecule has 114 valence electrons. The number of benzene rings is 1. The van der Waals surface area contributed by atoms with Crippen LogP contribution in [-0.4, -0.2) is 28.9 Å². The van der Waals surface area contributed by atoms with E-state index in [0.29, 0.717) is 5.92 Å². The van der Waals surface area contributed by atoms with E-state index in [2.05, 4.69) is 35.3 Å². The van der Waals surface area contributed by atoms with Crippen LogP contribution in [0.5, 0.6) is 0 Å². The molecule has 0 spiro atoms. The molecule has 0 atom stereocenters. The lowest BCUT2D eigenvalue weighted by Gasteiger charge is -2.32. The van der Waals surface area contributed by atoms with Gasteiger partial charge in [0.15, 0.2) is 0 Å². The van der Waals surface area contributed by atoms with Crippen LogP contribution in [0.3, 0.4) is 0 Å². The fourth-order valence-electron chi connectivity index (χ4n) is 3.15. The zero-order valence-electron chi connectivity index (χ0n) is 13.0. The van der Waals surface area contributed by atoms with Crippen molar-refractivity contribution in [3.63, 3.8) is 0 Å². The predicted octanol–water partition coefficient (Wildman–Crippen LogP) is 3.48. The Morgan fingerprint density at radius 2 is 1.91 bits per heavy atom. The van der Waals surface area contributed by atoms with E-state index < -0.39 is 0 Å². The Morgan fingerprint density at radius 3 is 2.59 bits per heavy atom. The standard InChI is InChI=1S/C19H22N2O/c1-15-7-10-20-14-18(15)19(22)21-11-8-17(9-12-21)13-16-5-3-2-4-6-16/h2-7,10,14,17H,8-9,11-13H2,1H3. The molecule has 0 radical (unpaired) electrons. The first-order valence-electron chi connectivity index (χ1n) is 7.98.